The van der Waals surface area contributed by atoms with Crippen molar-refractivity contribution in [3.8, 4) is 0 Å². The van der Waals surface area contributed by atoms with Gasteiger partial charge in [-0.2, -0.15) is 0 Å². The van der Waals surface area contributed by atoms with Crippen molar-refractivity contribution < 1.29 is 14.3 Å². The number of rotatable bonds is 3. The van der Waals surface area contributed by atoms with Crippen molar-refractivity contribution in [3.63, 3.8) is 0 Å². The number of Topliss-reactive ketones (excluding diaryl/α,β-unsaturated/α-hetero) is 1. The molecule has 0 aliphatic carbocycles. The van der Waals surface area contributed by atoms with Crippen LogP contribution in [-0.4, -0.2) is 23.5 Å². The fourth-order valence-electron chi connectivity index (χ4n) is 1.99. The van der Waals surface area contributed by atoms with Gasteiger partial charge in [0.15, 0.2) is 5.78 Å². The van der Waals surface area contributed by atoms with Crippen LogP contribution in [0.2, 0.25) is 0 Å². The lowest BCUT2D eigenvalue weighted by atomic mass is 9.82. The Kier molecular flexibility index (Phi) is 5.39. The monoisotopic (exact) mass is 305 g/mol. The highest BCUT2D eigenvalue weighted by atomic mass is 16.6. The quantitative estimate of drug-likeness (QED) is 0.855. The standard InChI is InChI=1S/C18H27NO3/c1-12-8-10-13(11-9-12)14(20)15(17(2,3)4)19-16(21)22-18(5,6)7/h8-11,15H,1-7H3,(H,19,21). The van der Waals surface area contributed by atoms with Gasteiger partial charge < -0.3 is 10.1 Å². The largest absolute Gasteiger partial charge is 0.444 e. The zero-order valence-corrected chi connectivity index (χ0v) is 14.6. The first kappa shape index (κ1) is 18.2. The zero-order chi connectivity index (χ0) is 17.1. The lowest BCUT2D eigenvalue weighted by molar-refractivity contribution is 0.0446. The molecule has 1 amide bonds. The molecule has 0 aromatic heterocycles. The number of amides is 1. The first-order valence-electron chi connectivity index (χ1n) is 7.50. The van der Waals surface area contributed by atoms with Crippen molar-refractivity contribution in [1.82, 2.24) is 5.32 Å². The highest BCUT2D eigenvalue weighted by Crippen LogP contribution is 2.23. The van der Waals surface area contributed by atoms with E-state index in [4.69, 9.17) is 4.74 Å². The molecule has 0 aliphatic rings. The van der Waals surface area contributed by atoms with E-state index in [1.165, 1.54) is 0 Å². The molecule has 22 heavy (non-hydrogen) atoms. The van der Waals surface area contributed by atoms with Gasteiger partial charge in [-0.3, -0.25) is 4.79 Å². The lowest BCUT2D eigenvalue weighted by Crippen LogP contribution is -2.50. The summed E-state index contributed by atoms with van der Waals surface area (Å²) >= 11 is 0. The summed E-state index contributed by atoms with van der Waals surface area (Å²) in [6, 6.07) is 6.70. The number of aryl methyl sites for hydroxylation is 1. The molecule has 1 aromatic carbocycles. The molecule has 0 saturated heterocycles. The molecule has 0 heterocycles. The summed E-state index contributed by atoms with van der Waals surface area (Å²) in [5.74, 6) is -0.113. The first-order valence-corrected chi connectivity index (χ1v) is 7.50. The normalized spacial score (nSPS) is 13.4. The van der Waals surface area contributed by atoms with Crippen molar-refractivity contribution >= 4 is 11.9 Å². The smallest absolute Gasteiger partial charge is 0.408 e. The number of hydrogen-bond acceptors (Lipinski definition) is 3. The van der Waals surface area contributed by atoms with Gasteiger partial charge in [0, 0.05) is 5.56 Å². The predicted octanol–water partition coefficient (Wildman–Crippen LogP) is 4.12. The van der Waals surface area contributed by atoms with Crippen LogP contribution < -0.4 is 5.32 Å². The number of carbonyl (C=O) groups is 2. The van der Waals surface area contributed by atoms with E-state index in [1.807, 2.05) is 39.8 Å². The summed E-state index contributed by atoms with van der Waals surface area (Å²) in [6.45, 7) is 13.1. The van der Waals surface area contributed by atoms with Crippen LogP contribution >= 0.6 is 0 Å². The molecular formula is C18H27NO3. The maximum absolute atomic E-state index is 12.7. The van der Waals surface area contributed by atoms with E-state index in [2.05, 4.69) is 5.32 Å². The highest BCUT2D eigenvalue weighted by molar-refractivity contribution is 6.02. The molecule has 1 atom stereocenters. The molecule has 0 bridgehead atoms. The van der Waals surface area contributed by atoms with E-state index < -0.39 is 23.2 Å². The first-order chi connectivity index (χ1) is 9.90. The molecule has 4 heteroatoms. The topological polar surface area (TPSA) is 55.4 Å². The summed E-state index contributed by atoms with van der Waals surface area (Å²) in [7, 11) is 0. The van der Waals surface area contributed by atoms with E-state index in [9.17, 15) is 9.59 Å². The van der Waals surface area contributed by atoms with Gasteiger partial charge in [-0.05, 0) is 33.1 Å². The molecule has 1 N–H and O–H groups in total. The summed E-state index contributed by atoms with van der Waals surface area (Å²) < 4.78 is 5.27. The van der Waals surface area contributed by atoms with E-state index in [-0.39, 0.29) is 5.78 Å². The van der Waals surface area contributed by atoms with Crippen molar-refractivity contribution in [3.05, 3.63) is 35.4 Å². The molecule has 4 nitrogen and oxygen atoms in total. The Hall–Kier alpha value is -1.84. The molecule has 1 unspecified atom stereocenters. The SMILES string of the molecule is Cc1ccc(C(=O)C(NC(=O)OC(C)(C)C)C(C)(C)C)cc1. The number of ether oxygens (including phenoxy) is 1. The maximum atomic E-state index is 12.7. The Balaban J connectivity index is 2.96. The lowest BCUT2D eigenvalue weighted by Gasteiger charge is -2.31. The molecule has 0 fully saturated rings. The number of ketones is 1. The predicted molar refractivity (Wildman–Crippen MR) is 88.1 cm³/mol. The fraction of sp³-hybridized carbons (Fsp3) is 0.556. The zero-order valence-electron chi connectivity index (χ0n) is 14.6. The van der Waals surface area contributed by atoms with Crippen molar-refractivity contribution in [2.24, 2.45) is 5.41 Å². The average Bonchev–Trinajstić information content (AvgIpc) is 2.32. The third-order valence-corrected chi connectivity index (χ3v) is 3.13. The molecular weight excluding hydrogens is 278 g/mol. The van der Waals surface area contributed by atoms with Crippen LogP contribution in [0.5, 0.6) is 0 Å². The molecule has 1 rings (SSSR count). The van der Waals surface area contributed by atoms with Gasteiger partial charge in [-0.15, -0.1) is 0 Å². The van der Waals surface area contributed by atoms with Gasteiger partial charge in [-0.25, -0.2) is 4.79 Å². The second-order valence-corrected chi connectivity index (χ2v) is 7.68. The molecule has 0 aliphatic heterocycles. The maximum Gasteiger partial charge on any atom is 0.408 e. The Morgan fingerprint density at radius 1 is 1.00 bits per heavy atom. The highest BCUT2D eigenvalue weighted by Gasteiger charge is 2.34. The average molecular weight is 305 g/mol. The van der Waals surface area contributed by atoms with Crippen LogP contribution in [0.25, 0.3) is 0 Å². The minimum absolute atomic E-state index is 0.113. The van der Waals surface area contributed by atoms with Crippen LogP contribution in [0, 0.1) is 12.3 Å². The third-order valence-electron chi connectivity index (χ3n) is 3.13. The summed E-state index contributed by atoms with van der Waals surface area (Å²) in [4.78, 5) is 24.8. The Morgan fingerprint density at radius 3 is 1.91 bits per heavy atom. The number of nitrogens with one attached hydrogen (secondary N) is 1. The van der Waals surface area contributed by atoms with Crippen molar-refractivity contribution in [2.75, 3.05) is 0 Å². The Labute approximate surface area is 133 Å². The second-order valence-electron chi connectivity index (χ2n) is 7.68. The number of carbonyl (C=O) groups excluding carboxylic acids is 2. The van der Waals surface area contributed by atoms with Gasteiger partial charge >= 0.3 is 6.09 Å². The number of benzene rings is 1. The molecule has 0 radical (unpaired) electrons. The van der Waals surface area contributed by atoms with Crippen LogP contribution in [0.15, 0.2) is 24.3 Å². The minimum Gasteiger partial charge on any atom is -0.444 e. The van der Waals surface area contributed by atoms with Gasteiger partial charge in [0.2, 0.25) is 0 Å². The summed E-state index contributed by atoms with van der Waals surface area (Å²) in [6.07, 6.45) is -0.576. The van der Waals surface area contributed by atoms with Crippen LogP contribution in [0.4, 0.5) is 4.79 Å². The van der Waals surface area contributed by atoms with Crippen LogP contribution in [0.1, 0.15) is 57.5 Å². The number of alkyl carbamates (subject to hydrolysis) is 1. The summed E-state index contributed by atoms with van der Waals surface area (Å²) in [5.41, 5.74) is 0.656. The van der Waals surface area contributed by atoms with Gasteiger partial charge in [0.1, 0.15) is 11.6 Å². The van der Waals surface area contributed by atoms with Gasteiger partial charge in [-0.1, -0.05) is 50.6 Å². The molecule has 0 saturated carbocycles. The third kappa shape index (κ3) is 5.51. The number of hydrogen-bond donors (Lipinski definition) is 1. The summed E-state index contributed by atoms with van der Waals surface area (Å²) in [5, 5.41) is 2.72. The molecule has 1 aromatic rings. The fourth-order valence-corrected chi connectivity index (χ4v) is 1.99. The molecule has 0 spiro atoms. The Bertz CT molecular complexity index is 533. The van der Waals surface area contributed by atoms with Crippen LogP contribution in [0.3, 0.4) is 0 Å². The Morgan fingerprint density at radius 2 is 1.50 bits per heavy atom. The van der Waals surface area contributed by atoms with E-state index in [0.29, 0.717) is 5.56 Å². The van der Waals surface area contributed by atoms with Gasteiger partial charge in [0.05, 0.1) is 0 Å². The second kappa shape index (κ2) is 6.51. The van der Waals surface area contributed by atoms with E-state index in [0.717, 1.165) is 5.56 Å². The van der Waals surface area contributed by atoms with E-state index in [1.54, 1.807) is 32.9 Å². The van der Waals surface area contributed by atoms with Crippen LogP contribution in [-0.2, 0) is 4.74 Å². The van der Waals surface area contributed by atoms with Crippen molar-refractivity contribution in [1.29, 1.82) is 0 Å². The van der Waals surface area contributed by atoms with Crippen molar-refractivity contribution in [2.45, 2.75) is 60.1 Å². The van der Waals surface area contributed by atoms with E-state index >= 15 is 0 Å². The molecule has 122 valence electrons. The van der Waals surface area contributed by atoms with Gasteiger partial charge in [0.25, 0.3) is 0 Å². The minimum atomic E-state index is -0.648.